The molecular formula is C20H17ClN4O2S. The lowest BCUT2D eigenvalue weighted by atomic mass is 10.1. The third-order valence-electron chi connectivity index (χ3n) is 4.32. The fourth-order valence-corrected chi connectivity index (χ4v) is 3.91. The standard InChI is InChI=1S/C20H17ClN4O2S/c1-3-10-28-20-23-19(26)17-13-6-4-5-7-15(13)22-18(25(17)24-20)14-11-12(21)8-9-16(14)27-2/h3-9,11,18H,1,10H2,2H3,(H,23,24,26)/t18-/m0/s1. The minimum absolute atomic E-state index is 0.227. The number of thioether (sulfide) groups is 1. The van der Waals surface area contributed by atoms with Crippen LogP contribution in [0.25, 0.3) is 5.70 Å². The van der Waals surface area contributed by atoms with E-state index in [9.17, 15) is 4.79 Å². The average molecular weight is 413 g/mol. The molecule has 0 radical (unpaired) electrons. The van der Waals surface area contributed by atoms with Gasteiger partial charge in [0.1, 0.15) is 11.4 Å². The summed E-state index contributed by atoms with van der Waals surface area (Å²) in [6, 6.07) is 12.8. The van der Waals surface area contributed by atoms with E-state index in [1.165, 1.54) is 11.8 Å². The summed E-state index contributed by atoms with van der Waals surface area (Å²) in [5, 5.41) is 11.6. The van der Waals surface area contributed by atoms with Gasteiger partial charge in [-0.25, -0.2) is 5.01 Å². The number of rotatable bonds is 4. The summed E-state index contributed by atoms with van der Waals surface area (Å²) in [6.45, 7) is 3.71. The largest absolute Gasteiger partial charge is 0.496 e. The molecule has 0 bridgehead atoms. The minimum Gasteiger partial charge on any atom is -0.496 e. The second kappa shape index (κ2) is 7.69. The van der Waals surface area contributed by atoms with Gasteiger partial charge in [-0.1, -0.05) is 47.6 Å². The number of nitrogens with zero attached hydrogens (tertiary/aromatic N) is 3. The first-order chi connectivity index (χ1) is 13.6. The van der Waals surface area contributed by atoms with Gasteiger partial charge in [0.25, 0.3) is 5.91 Å². The maximum atomic E-state index is 13.0. The van der Waals surface area contributed by atoms with E-state index in [0.29, 0.717) is 32.7 Å². The maximum Gasteiger partial charge on any atom is 0.276 e. The molecule has 2 heterocycles. The van der Waals surface area contributed by atoms with Gasteiger partial charge in [0.05, 0.1) is 12.5 Å². The molecule has 0 spiro atoms. The number of nitrogens with one attached hydrogen (secondary N) is 1. The van der Waals surface area contributed by atoms with Gasteiger partial charge in [-0.2, -0.15) is 0 Å². The zero-order valence-corrected chi connectivity index (χ0v) is 16.6. The summed E-state index contributed by atoms with van der Waals surface area (Å²) in [4.78, 5) is 17.8. The maximum absolute atomic E-state index is 13.0. The van der Waals surface area contributed by atoms with Crippen LogP contribution in [-0.2, 0) is 4.79 Å². The number of para-hydroxylation sites is 1. The summed E-state index contributed by atoms with van der Waals surface area (Å²) < 4.78 is 5.52. The molecule has 2 aliphatic heterocycles. The molecule has 1 atom stereocenters. The molecule has 2 aromatic rings. The number of halogens is 1. The van der Waals surface area contributed by atoms with Crippen LogP contribution in [0.5, 0.6) is 5.75 Å². The molecule has 6 nitrogen and oxygen atoms in total. The highest BCUT2D eigenvalue weighted by Crippen LogP contribution is 2.36. The van der Waals surface area contributed by atoms with Crippen LogP contribution in [0.4, 0.5) is 0 Å². The van der Waals surface area contributed by atoms with E-state index in [1.807, 2.05) is 24.3 Å². The van der Waals surface area contributed by atoms with E-state index in [-0.39, 0.29) is 5.91 Å². The quantitative estimate of drug-likeness (QED) is 0.783. The lowest BCUT2D eigenvalue weighted by molar-refractivity contribution is -0.116. The highest BCUT2D eigenvalue weighted by Gasteiger charge is 2.35. The molecule has 0 saturated heterocycles. The first-order valence-electron chi connectivity index (χ1n) is 8.56. The third kappa shape index (κ3) is 3.27. The second-order valence-electron chi connectivity index (χ2n) is 6.06. The van der Waals surface area contributed by atoms with Crippen molar-refractivity contribution in [1.82, 2.24) is 10.3 Å². The summed E-state index contributed by atoms with van der Waals surface area (Å²) in [7, 11) is 1.59. The smallest absolute Gasteiger partial charge is 0.276 e. The number of amides is 1. The molecule has 2 aromatic carbocycles. The summed E-state index contributed by atoms with van der Waals surface area (Å²) in [5.74, 6) is 1.02. The predicted molar refractivity (Wildman–Crippen MR) is 111 cm³/mol. The molecule has 0 aromatic heterocycles. The first-order valence-corrected chi connectivity index (χ1v) is 9.92. The molecule has 2 aliphatic rings. The Morgan fingerprint density at radius 2 is 2.18 bits per heavy atom. The monoisotopic (exact) mass is 412 g/mol. The molecule has 142 valence electrons. The number of hydrazone groups is 1. The van der Waals surface area contributed by atoms with Crippen molar-refractivity contribution in [2.75, 3.05) is 12.9 Å². The number of carbonyl (C=O) groups is 1. The molecule has 1 amide bonds. The van der Waals surface area contributed by atoms with Gasteiger partial charge >= 0.3 is 0 Å². The van der Waals surface area contributed by atoms with Gasteiger partial charge in [0, 0.05) is 21.6 Å². The van der Waals surface area contributed by atoms with Crippen molar-refractivity contribution in [2.24, 2.45) is 10.1 Å². The zero-order chi connectivity index (χ0) is 19.7. The van der Waals surface area contributed by atoms with Gasteiger partial charge in [0.15, 0.2) is 11.3 Å². The van der Waals surface area contributed by atoms with Crippen LogP contribution in [0.3, 0.4) is 0 Å². The second-order valence-corrected chi connectivity index (χ2v) is 7.50. The topological polar surface area (TPSA) is 66.3 Å². The lowest BCUT2D eigenvalue weighted by Crippen LogP contribution is -2.50. The SMILES string of the molecule is C=CCSC1=NN2C(=c3ccccc3=N[C@@H]2c2cc(Cl)ccc2OC)C(=O)N1. The Kier molecular flexibility index (Phi) is 5.11. The van der Waals surface area contributed by atoms with Gasteiger partial charge in [-0.05, 0) is 24.3 Å². The Bertz CT molecular complexity index is 1120. The van der Waals surface area contributed by atoms with E-state index >= 15 is 0 Å². The number of amidine groups is 1. The van der Waals surface area contributed by atoms with Crippen LogP contribution < -0.4 is 20.6 Å². The minimum atomic E-state index is -0.580. The van der Waals surface area contributed by atoms with Crippen LogP contribution >= 0.6 is 23.4 Å². The van der Waals surface area contributed by atoms with Crippen LogP contribution in [0.1, 0.15) is 11.7 Å². The van der Waals surface area contributed by atoms with E-state index < -0.39 is 6.17 Å². The fourth-order valence-electron chi connectivity index (χ4n) is 3.14. The number of fused-ring (bicyclic) bond motifs is 2. The van der Waals surface area contributed by atoms with Crippen molar-refractivity contribution in [2.45, 2.75) is 6.17 Å². The van der Waals surface area contributed by atoms with Crippen molar-refractivity contribution >= 4 is 40.1 Å². The number of hydrogen-bond donors (Lipinski definition) is 1. The Labute approximate surface area is 171 Å². The first kappa shape index (κ1) is 18.6. The summed E-state index contributed by atoms with van der Waals surface area (Å²) in [6.07, 6.45) is 1.18. The lowest BCUT2D eigenvalue weighted by Gasteiger charge is -2.34. The van der Waals surface area contributed by atoms with E-state index in [4.69, 9.17) is 21.3 Å². The normalized spacial score (nSPS) is 17.7. The predicted octanol–water partition coefficient (Wildman–Crippen LogP) is 2.41. The van der Waals surface area contributed by atoms with Crippen LogP contribution in [0.15, 0.2) is 65.2 Å². The zero-order valence-electron chi connectivity index (χ0n) is 15.1. The molecule has 8 heteroatoms. The van der Waals surface area contributed by atoms with E-state index in [2.05, 4.69) is 17.0 Å². The molecule has 0 aliphatic carbocycles. The molecule has 0 unspecified atom stereocenters. The summed E-state index contributed by atoms with van der Waals surface area (Å²) >= 11 is 7.64. The van der Waals surface area contributed by atoms with Crippen molar-refractivity contribution < 1.29 is 9.53 Å². The van der Waals surface area contributed by atoms with E-state index in [0.717, 1.165) is 10.8 Å². The molecule has 1 N–H and O–H groups in total. The van der Waals surface area contributed by atoms with E-state index in [1.54, 1.807) is 36.4 Å². The Morgan fingerprint density at radius 1 is 1.36 bits per heavy atom. The van der Waals surface area contributed by atoms with Crippen molar-refractivity contribution in [1.29, 1.82) is 0 Å². The molecule has 28 heavy (non-hydrogen) atoms. The Morgan fingerprint density at radius 3 is 2.96 bits per heavy atom. The highest BCUT2D eigenvalue weighted by molar-refractivity contribution is 8.14. The molecular weight excluding hydrogens is 396 g/mol. The molecule has 4 rings (SSSR count). The highest BCUT2D eigenvalue weighted by atomic mass is 35.5. The molecule has 0 saturated carbocycles. The molecule has 0 fully saturated rings. The Hall–Kier alpha value is -2.77. The number of carbonyl (C=O) groups excluding carboxylic acids is 1. The summed E-state index contributed by atoms with van der Waals surface area (Å²) in [5.41, 5.74) is 1.18. The Balaban J connectivity index is 1.95. The number of methoxy groups -OCH3 is 1. The van der Waals surface area contributed by atoms with Crippen LogP contribution in [-0.4, -0.2) is 28.9 Å². The van der Waals surface area contributed by atoms with Crippen molar-refractivity contribution in [3.63, 3.8) is 0 Å². The van der Waals surface area contributed by atoms with Crippen molar-refractivity contribution in [3.05, 3.63) is 76.3 Å². The average Bonchev–Trinajstić information content (AvgIpc) is 2.71. The van der Waals surface area contributed by atoms with Gasteiger partial charge in [-0.15, -0.1) is 11.7 Å². The fraction of sp³-hybridized carbons (Fsp3) is 0.150. The third-order valence-corrected chi connectivity index (χ3v) is 5.42. The number of hydrogen-bond acceptors (Lipinski definition) is 6. The van der Waals surface area contributed by atoms with Crippen LogP contribution in [0, 0.1) is 0 Å². The number of ether oxygens (including phenoxy) is 1. The van der Waals surface area contributed by atoms with Crippen LogP contribution in [0.2, 0.25) is 5.02 Å². The van der Waals surface area contributed by atoms with Gasteiger partial charge in [0.2, 0.25) is 0 Å². The van der Waals surface area contributed by atoms with Gasteiger partial charge < -0.3 is 4.74 Å². The van der Waals surface area contributed by atoms with Gasteiger partial charge in [-0.3, -0.25) is 15.1 Å². The van der Waals surface area contributed by atoms with Crippen molar-refractivity contribution in [3.8, 4) is 5.75 Å². The number of benzene rings is 2.